The largest absolute Gasteiger partial charge is 0.573 e. The second kappa shape index (κ2) is 13.7. The van der Waals surface area contributed by atoms with Gasteiger partial charge in [-0.2, -0.15) is 14.4 Å². The Hall–Kier alpha value is -3.82. The van der Waals surface area contributed by atoms with E-state index < -0.39 is 46.7 Å². The van der Waals surface area contributed by atoms with Gasteiger partial charge in [0.1, 0.15) is 16.5 Å². The maximum atomic E-state index is 13.3. The molecular formula is C25H24F6N6O6S2. The molecule has 12 nitrogen and oxygen atoms in total. The van der Waals surface area contributed by atoms with Crippen molar-refractivity contribution in [1.29, 1.82) is 0 Å². The first-order chi connectivity index (χ1) is 21.1. The number of ether oxygens (including phenoxy) is 2. The SMILES string of the molecule is NCc1ccc(OC(F)(F)F)cc1.O=c1cc(CO)n2nc(C3CNCCN3S(=O)(=O)c3ccc(OC(F)(F)F)cc3)sc2n1. The summed E-state index contributed by atoms with van der Waals surface area (Å²) >= 11 is 1.01. The average molecular weight is 683 g/mol. The van der Waals surface area contributed by atoms with Gasteiger partial charge < -0.3 is 25.6 Å². The van der Waals surface area contributed by atoms with Gasteiger partial charge in [0.2, 0.25) is 15.0 Å². The molecular weight excluding hydrogens is 658 g/mol. The lowest BCUT2D eigenvalue weighted by Crippen LogP contribution is -2.48. The van der Waals surface area contributed by atoms with Crippen molar-refractivity contribution in [2.75, 3.05) is 19.6 Å². The molecule has 4 N–H and O–H groups in total. The Morgan fingerprint density at radius 3 is 2.11 bits per heavy atom. The lowest BCUT2D eigenvalue weighted by atomic mass is 10.2. The lowest BCUT2D eigenvalue weighted by molar-refractivity contribution is -0.275. The maximum absolute atomic E-state index is 13.3. The van der Waals surface area contributed by atoms with E-state index in [9.17, 15) is 44.7 Å². The predicted octanol–water partition coefficient (Wildman–Crippen LogP) is 2.92. The van der Waals surface area contributed by atoms with Gasteiger partial charge in [-0.15, -0.1) is 26.3 Å². The zero-order chi connectivity index (χ0) is 33.0. The van der Waals surface area contributed by atoms with Crippen LogP contribution >= 0.6 is 11.3 Å². The molecule has 20 heteroatoms. The standard InChI is InChI=1S/C17H16F3N5O5S2.C8H8F3NO/c18-17(19,20)30-11-1-3-12(4-2-11)32(28,29)24-6-5-21-8-13(24)15-23-25-10(9-26)7-14(27)22-16(25)31-15;9-8(10,11)13-7-3-1-6(5-12)2-4-7/h1-4,7,13,21,26H,5-6,8-9H2;1-4H,5,12H2. The normalized spacial score (nSPS) is 16.2. The zero-order valence-electron chi connectivity index (χ0n) is 22.7. The summed E-state index contributed by atoms with van der Waals surface area (Å²) in [5, 5.41) is 17.2. The number of nitrogens with two attached hydrogens (primary N) is 1. The molecule has 0 aliphatic carbocycles. The van der Waals surface area contributed by atoms with Crippen molar-refractivity contribution < 1.29 is 49.3 Å². The number of aliphatic hydroxyl groups is 1. The van der Waals surface area contributed by atoms with Gasteiger partial charge in [-0.25, -0.2) is 12.9 Å². The highest BCUT2D eigenvalue weighted by atomic mass is 32.2. The number of sulfonamides is 1. The fourth-order valence-corrected chi connectivity index (χ4v) is 6.79. The molecule has 0 amide bonds. The number of piperazine rings is 1. The Balaban J connectivity index is 0.000000297. The number of nitrogens with zero attached hydrogens (tertiary/aromatic N) is 4. The van der Waals surface area contributed by atoms with Crippen molar-refractivity contribution in [3.63, 3.8) is 0 Å². The highest BCUT2D eigenvalue weighted by Gasteiger charge is 2.37. The summed E-state index contributed by atoms with van der Waals surface area (Å²) in [6.45, 7) is 0.495. The van der Waals surface area contributed by atoms with Crippen LogP contribution in [0.2, 0.25) is 0 Å². The fourth-order valence-electron chi connectivity index (χ4n) is 4.09. The maximum Gasteiger partial charge on any atom is 0.573 e. The van der Waals surface area contributed by atoms with E-state index in [1.165, 1.54) is 33.1 Å². The summed E-state index contributed by atoms with van der Waals surface area (Å²) in [7, 11) is -4.10. The van der Waals surface area contributed by atoms with Gasteiger partial charge in [0.25, 0.3) is 5.56 Å². The Labute approximate surface area is 254 Å². The van der Waals surface area contributed by atoms with Crippen molar-refractivity contribution in [2.24, 2.45) is 5.73 Å². The Morgan fingerprint density at radius 2 is 1.58 bits per heavy atom. The third-order valence-corrected chi connectivity index (χ3v) is 8.97. The van der Waals surface area contributed by atoms with Crippen LogP contribution in [0.1, 0.15) is 22.3 Å². The minimum absolute atomic E-state index is 0.0848. The number of nitrogens with one attached hydrogen (secondary N) is 1. The number of rotatable bonds is 7. The summed E-state index contributed by atoms with van der Waals surface area (Å²) in [5.41, 5.74) is 5.67. The number of hydrogen-bond acceptors (Lipinski definition) is 11. The van der Waals surface area contributed by atoms with E-state index in [4.69, 9.17) is 5.73 Å². The summed E-state index contributed by atoms with van der Waals surface area (Å²) in [4.78, 5) is 15.6. The van der Waals surface area contributed by atoms with Gasteiger partial charge in [0.05, 0.1) is 23.2 Å². The Bertz CT molecular complexity index is 1760. The van der Waals surface area contributed by atoms with E-state index in [2.05, 4.69) is 24.9 Å². The van der Waals surface area contributed by atoms with Gasteiger partial charge >= 0.3 is 12.7 Å². The first kappa shape index (κ1) is 34.1. The molecule has 45 heavy (non-hydrogen) atoms. The number of hydrogen-bond donors (Lipinski definition) is 3. The van der Waals surface area contributed by atoms with Crippen molar-refractivity contribution >= 4 is 26.3 Å². The van der Waals surface area contributed by atoms with Gasteiger partial charge in [0.15, 0.2) is 0 Å². The summed E-state index contributed by atoms with van der Waals surface area (Å²) in [6, 6.07) is 9.75. The van der Waals surface area contributed by atoms with E-state index in [0.717, 1.165) is 47.2 Å². The summed E-state index contributed by atoms with van der Waals surface area (Å²) < 4.78 is 109. The molecule has 1 fully saturated rings. The van der Waals surface area contributed by atoms with Crippen molar-refractivity contribution in [3.05, 3.63) is 81.2 Å². The minimum atomic E-state index is -4.89. The van der Waals surface area contributed by atoms with E-state index in [0.29, 0.717) is 18.1 Å². The molecule has 1 unspecified atom stereocenters. The van der Waals surface area contributed by atoms with Gasteiger partial charge in [-0.1, -0.05) is 23.5 Å². The van der Waals surface area contributed by atoms with Gasteiger partial charge in [-0.05, 0) is 42.0 Å². The molecule has 4 aromatic rings. The molecule has 1 aliphatic rings. The first-order valence-corrected chi connectivity index (χ1v) is 15.0. The number of halogens is 6. The molecule has 0 radical (unpaired) electrons. The molecule has 5 rings (SSSR count). The first-order valence-electron chi connectivity index (χ1n) is 12.7. The number of benzene rings is 2. The van der Waals surface area contributed by atoms with E-state index in [-0.39, 0.29) is 34.4 Å². The van der Waals surface area contributed by atoms with E-state index in [1.54, 1.807) is 0 Å². The molecule has 0 bridgehead atoms. The minimum Gasteiger partial charge on any atom is -0.406 e. The monoisotopic (exact) mass is 682 g/mol. The molecule has 1 atom stereocenters. The highest BCUT2D eigenvalue weighted by Crippen LogP contribution is 2.32. The van der Waals surface area contributed by atoms with Crippen LogP contribution in [0.25, 0.3) is 4.96 Å². The molecule has 0 spiro atoms. The zero-order valence-corrected chi connectivity index (χ0v) is 24.4. The lowest BCUT2D eigenvalue weighted by Gasteiger charge is -2.33. The summed E-state index contributed by atoms with van der Waals surface area (Å²) in [5.74, 6) is -0.767. The Kier molecular flexibility index (Phi) is 10.3. The second-order valence-corrected chi connectivity index (χ2v) is 12.0. The number of aromatic nitrogens is 3. The quantitative estimate of drug-likeness (QED) is 0.247. The Morgan fingerprint density at radius 1 is 1.00 bits per heavy atom. The van der Waals surface area contributed by atoms with Crippen LogP contribution in [0, 0.1) is 0 Å². The van der Waals surface area contributed by atoms with Gasteiger partial charge in [-0.3, -0.25) is 4.79 Å². The third kappa shape index (κ3) is 8.89. The highest BCUT2D eigenvalue weighted by molar-refractivity contribution is 7.89. The molecule has 1 saturated heterocycles. The van der Waals surface area contributed by atoms with Crippen LogP contribution in [0.4, 0.5) is 26.3 Å². The topological polar surface area (TPSA) is 161 Å². The van der Waals surface area contributed by atoms with Crippen LogP contribution in [0.15, 0.2) is 64.3 Å². The molecule has 244 valence electrons. The average Bonchev–Trinajstić information content (AvgIpc) is 3.40. The summed E-state index contributed by atoms with van der Waals surface area (Å²) in [6.07, 6.45) is -9.52. The number of alkyl halides is 6. The third-order valence-electron chi connectivity index (χ3n) is 6.04. The molecule has 1 aliphatic heterocycles. The smallest absolute Gasteiger partial charge is 0.406 e. The molecule has 3 heterocycles. The van der Waals surface area contributed by atoms with Crippen LogP contribution in [0.3, 0.4) is 0 Å². The van der Waals surface area contributed by atoms with Crippen LogP contribution in [-0.4, -0.2) is 64.8 Å². The molecule has 2 aromatic carbocycles. The van der Waals surface area contributed by atoms with E-state index in [1.807, 2.05) is 0 Å². The fraction of sp³-hybridized carbons (Fsp3) is 0.320. The second-order valence-electron chi connectivity index (χ2n) is 9.13. The van der Waals surface area contributed by atoms with Gasteiger partial charge in [0, 0.05) is 32.2 Å². The van der Waals surface area contributed by atoms with Crippen molar-refractivity contribution in [3.8, 4) is 11.5 Å². The van der Waals surface area contributed by atoms with Crippen LogP contribution < -0.4 is 26.1 Å². The van der Waals surface area contributed by atoms with Crippen LogP contribution in [-0.2, 0) is 23.2 Å². The van der Waals surface area contributed by atoms with E-state index >= 15 is 0 Å². The number of aliphatic hydroxyl groups excluding tert-OH is 1. The molecule has 0 saturated carbocycles. The van der Waals surface area contributed by atoms with Crippen LogP contribution in [0.5, 0.6) is 11.5 Å². The van der Waals surface area contributed by atoms with Crippen molar-refractivity contribution in [2.45, 2.75) is 36.8 Å². The molecule has 2 aromatic heterocycles. The number of fused-ring (bicyclic) bond motifs is 1. The van der Waals surface area contributed by atoms with Crippen molar-refractivity contribution in [1.82, 2.24) is 24.2 Å². The predicted molar refractivity (Wildman–Crippen MR) is 147 cm³/mol.